The molecular weight excluding hydrogens is 230 g/mol. The molecule has 0 aliphatic heterocycles. The molecule has 0 atom stereocenters. The van der Waals surface area contributed by atoms with Crippen LogP contribution in [-0.2, 0) is 0 Å². The number of anilines is 1. The van der Waals surface area contributed by atoms with Gasteiger partial charge in [0.15, 0.2) is 5.82 Å². The zero-order valence-corrected chi connectivity index (χ0v) is 10.9. The lowest BCUT2D eigenvalue weighted by atomic mass is 10.2. The Hall–Kier alpha value is -2.24. The molecule has 94 valence electrons. The van der Waals surface area contributed by atoms with Gasteiger partial charge in [0.25, 0.3) is 0 Å². The van der Waals surface area contributed by atoms with Gasteiger partial charge in [0.1, 0.15) is 17.8 Å². The predicted octanol–water partition coefficient (Wildman–Crippen LogP) is 1.60. The molecule has 0 unspecified atom stereocenters. The number of aryl methyl sites for hydroxylation is 1. The number of nitrogens with one attached hydrogen (secondary N) is 1. The Balaban J connectivity index is 2.53. The average molecular weight is 245 g/mol. The molecule has 2 aromatic rings. The number of rotatable bonds is 3. The highest BCUT2D eigenvalue weighted by atomic mass is 16.5. The van der Waals surface area contributed by atoms with Gasteiger partial charge in [0.05, 0.1) is 7.11 Å². The minimum absolute atomic E-state index is 0.493. The summed E-state index contributed by atoms with van der Waals surface area (Å²) in [5, 5.41) is 3.05. The molecule has 0 fully saturated rings. The minimum Gasteiger partial charge on any atom is -0.481 e. The third-order valence-electron chi connectivity index (χ3n) is 2.71. The summed E-state index contributed by atoms with van der Waals surface area (Å²) >= 11 is 0. The number of hydrogen-bond acceptors (Lipinski definition) is 6. The lowest BCUT2D eigenvalue weighted by Crippen LogP contribution is -2.03. The molecule has 0 aromatic carbocycles. The van der Waals surface area contributed by atoms with Crippen LogP contribution in [0.4, 0.5) is 5.82 Å². The fourth-order valence-corrected chi connectivity index (χ4v) is 1.56. The highest BCUT2D eigenvalue weighted by molar-refractivity contribution is 5.56. The first-order chi connectivity index (χ1) is 8.65. The van der Waals surface area contributed by atoms with E-state index in [-0.39, 0.29) is 0 Å². The Morgan fingerprint density at radius 1 is 1.17 bits per heavy atom. The van der Waals surface area contributed by atoms with Crippen LogP contribution < -0.4 is 10.1 Å². The smallest absolute Gasteiger partial charge is 0.216 e. The molecule has 0 aliphatic carbocycles. The molecule has 0 radical (unpaired) electrons. The van der Waals surface area contributed by atoms with Gasteiger partial charge < -0.3 is 10.1 Å². The van der Waals surface area contributed by atoms with Gasteiger partial charge in [-0.2, -0.15) is 0 Å². The molecular formula is C12H15N5O. The van der Waals surface area contributed by atoms with Crippen molar-refractivity contribution in [2.75, 3.05) is 19.5 Å². The maximum absolute atomic E-state index is 5.06. The van der Waals surface area contributed by atoms with Crippen LogP contribution in [-0.4, -0.2) is 34.1 Å². The van der Waals surface area contributed by atoms with Crippen LogP contribution in [0.5, 0.6) is 5.88 Å². The van der Waals surface area contributed by atoms with Crippen molar-refractivity contribution in [2.45, 2.75) is 13.8 Å². The lowest BCUT2D eigenvalue weighted by molar-refractivity contribution is 0.397. The normalized spacial score (nSPS) is 10.2. The van der Waals surface area contributed by atoms with Gasteiger partial charge in [-0.25, -0.2) is 19.9 Å². The second-order valence-electron chi connectivity index (χ2n) is 3.80. The van der Waals surface area contributed by atoms with Gasteiger partial charge in [-0.05, 0) is 13.8 Å². The zero-order chi connectivity index (χ0) is 13.1. The Morgan fingerprint density at radius 2 is 1.94 bits per heavy atom. The molecule has 18 heavy (non-hydrogen) atoms. The maximum atomic E-state index is 5.06. The molecule has 1 N–H and O–H groups in total. The van der Waals surface area contributed by atoms with E-state index in [1.54, 1.807) is 13.2 Å². The Kier molecular flexibility index (Phi) is 3.36. The SMILES string of the molecule is CNc1nc(-c2cc(OC)ncn2)nc(C)c1C. The van der Waals surface area contributed by atoms with Gasteiger partial charge in [0, 0.05) is 24.4 Å². The lowest BCUT2D eigenvalue weighted by Gasteiger charge is -2.09. The molecule has 0 spiro atoms. The van der Waals surface area contributed by atoms with Crippen molar-refractivity contribution in [3.05, 3.63) is 23.7 Å². The molecule has 0 bridgehead atoms. The number of methoxy groups -OCH3 is 1. The fraction of sp³-hybridized carbons (Fsp3) is 0.333. The zero-order valence-electron chi connectivity index (χ0n) is 10.9. The van der Waals surface area contributed by atoms with E-state index < -0.39 is 0 Å². The van der Waals surface area contributed by atoms with Gasteiger partial charge in [0.2, 0.25) is 5.88 Å². The molecule has 2 rings (SSSR count). The van der Waals surface area contributed by atoms with Crippen LogP contribution in [0, 0.1) is 13.8 Å². The molecule has 0 saturated heterocycles. The molecule has 0 saturated carbocycles. The number of nitrogens with zero attached hydrogens (tertiary/aromatic N) is 4. The van der Waals surface area contributed by atoms with Crippen molar-refractivity contribution >= 4 is 5.82 Å². The number of hydrogen-bond donors (Lipinski definition) is 1. The number of aromatic nitrogens is 4. The summed E-state index contributed by atoms with van der Waals surface area (Å²) in [5.74, 6) is 1.85. The molecule has 2 heterocycles. The number of ether oxygens (including phenoxy) is 1. The standard InChI is InChI=1S/C12H15N5O/c1-7-8(2)16-12(17-11(7)13-3)9-5-10(18-4)15-6-14-9/h5-6H,1-4H3,(H,13,16,17). The van der Waals surface area contributed by atoms with E-state index in [1.807, 2.05) is 20.9 Å². The summed E-state index contributed by atoms with van der Waals surface area (Å²) in [4.78, 5) is 17.0. The van der Waals surface area contributed by atoms with E-state index in [2.05, 4.69) is 25.3 Å². The first-order valence-corrected chi connectivity index (χ1v) is 5.55. The fourth-order valence-electron chi connectivity index (χ4n) is 1.56. The average Bonchev–Trinajstić information content (AvgIpc) is 2.41. The third kappa shape index (κ3) is 2.22. The van der Waals surface area contributed by atoms with Crippen LogP contribution >= 0.6 is 0 Å². The first-order valence-electron chi connectivity index (χ1n) is 5.55. The van der Waals surface area contributed by atoms with Gasteiger partial charge in [-0.3, -0.25) is 0 Å². The summed E-state index contributed by atoms with van der Waals surface area (Å²) in [5.41, 5.74) is 2.59. The van der Waals surface area contributed by atoms with Crippen molar-refractivity contribution in [1.82, 2.24) is 19.9 Å². The van der Waals surface area contributed by atoms with E-state index in [1.165, 1.54) is 6.33 Å². The molecule has 6 nitrogen and oxygen atoms in total. The molecule has 6 heteroatoms. The van der Waals surface area contributed by atoms with E-state index in [0.717, 1.165) is 17.1 Å². The monoisotopic (exact) mass is 245 g/mol. The Labute approximate surface area is 105 Å². The summed E-state index contributed by atoms with van der Waals surface area (Å²) < 4.78 is 5.06. The van der Waals surface area contributed by atoms with E-state index in [0.29, 0.717) is 17.4 Å². The van der Waals surface area contributed by atoms with Crippen molar-refractivity contribution < 1.29 is 4.74 Å². The molecule has 0 aliphatic rings. The largest absolute Gasteiger partial charge is 0.481 e. The second kappa shape index (κ2) is 4.95. The van der Waals surface area contributed by atoms with Crippen LogP contribution in [0.25, 0.3) is 11.5 Å². The second-order valence-corrected chi connectivity index (χ2v) is 3.80. The van der Waals surface area contributed by atoms with Crippen molar-refractivity contribution in [3.63, 3.8) is 0 Å². The highest BCUT2D eigenvalue weighted by Gasteiger charge is 2.10. The summed E-state index contributed by atoms with van der Waals surface area (Å²) in [7, 11) is 3.39. The van der Waals surface area contributed by atoms with Crippen molar-refractivity contribution in [1.29, 1.82) is 0 Å². The van der Waals surface area contributed by atoms with Crippen LogP contribution in [0.1, 0.15) is 11.3 Å². The Bertz CT molecular complexity index is 570. The van der Waals surface area contributed by atoms with Gasteiger partial charge >= 0.3 is 0 Å². The molecule has 2 aromatic heterocycles. The van der Waals surface area contributed by atoms with Crippen LogP contribution in [0.3, 0.4) is 0 Å². The van der Waals surface area contributed by atoms with Gasteiger partial charge in [-0.15, -0.1) is 0 Å². The summed E-state index contributed by atoms with van der Waals surface area (Å²) in [6, 6.07) is 1.71. The summed E-state index contributed by atoms with van der Waals surface area (Å²) in [6.45, 7) is 3.92. The Morgan fingerprint density at radius 3 is 2.61 bits per heavy atom. The van der Waals surface area contributed by atoms with Crippen LogP contribution in [0.15, 0.2) is 12.4 Å². The topological polar surface area (TPSA) is 72.8 Å². The van der Waals surface area contributed by atoms with Gasteiger partial charge in [-0.1, -0.05) is 0 Å². The minimum atomic E-state index is 0.493. The predicted molar refractivity (Wildman–Crippen MR) is 68.6 cm³/mol. The van der Waals surface area contributed by atoms with Crippen molar-refractivity contribution in [3.8, 4) is 17.4 Å². The van der Waals surface area contributed by atoms with Crippen LogP contribution in [0.2, 0.25) is 0 Å². The quantitative estimate of drug-likeness (QED) is 0.885. The maximum Gasteiger partial charge on any atom is 0.216 e. The summed E-state index contributed by atoms with van der Waals surface area (Å²) in [6.07, 6.45) is 1.44. The van der Waals surface area contributed by atoms with Crippen molar-refractivity contribution in [2.24, 2.45) is 0 Å². The highest BCUT2D eigenvalue weighted by Crippen LogP contribution is 2.21. The third-order valence-corrected chi connectivity index (χ3v) is 2.71. The van der Waals surface area contributed by atoms with E-state index in [9.17, 15) is 0 Å². The molecule has 0 amide bonds. The first kappa shape index (κ1) is 12.2. The van der Waals surface area contributed by atoms with E-state index >= 15 is 0 Å². The van der Waals surface area contributed by atoms with E-state index in [4.69, 9.17) is 4.74 Å².